The number of allylic oxidation sites excluding steroid dienone is 2. The van der Waals surface area contributed by atoms with Gasteiger partial charge in [0.05, 0.1) is 11.5 Å². The number of hydrogen-bond donors (Lipinski definition) is 0. The highest BCUT2D eigenvalue weighted by molar-refractivity contribution is 6.30. The number of esters is 1. The average Bonchev–Trinajstić information content (AvgIpc) is 3.10. The van der Waals surface area contributed by atoms with Crippen molar-refractivity contribution < 1.29 is 44.7 Å². The molecule has 2 rings (SSSR count). The molecule has 11 heteroatoms. The van der Waals surface area contributed by atoms with Crippen molar-refractivity contribution in [3.05, 3.63) is 45.8 Å². The van der Waals surface area contributed by atoms with E-state index in [0.29, 0.717) is 6.08 Å². The molecule has 0 amide bonds. The number of hydrogen-bond acceptors (Lipinski definition) is 2. The second-order valence-corrected chi connectivity index (χ2v) is 6.90. The molecule has 2 atom stereocenters. The molecule has 0 aromatic heterocycles. The van der Waals surface area contributed by atoms with Gasteiger partial charge in [-0.1, -0.05) is 31.5 Å². The lowest BCUT2D eigenvalue weighted by molar-refractivity contribution is -0.147. The maximum Gasteiger partial charge on any atom is 0.426 e. The van der Waals surface area contributed by atoms with Gasteiger partial charge in [-0.2, -0.15) is 13.2 Å². The molecular weight excluding hydrogens is 412 g/mol. The predicted molar refractivity (Wildman–Crippen MR) is 76.8 cm³/mol. The minimum atomic E-state index is -4.82. The molecule has 1 aliphatic carbocycles. The second kappa shape index (κ2) is 6.96. The summed E-state index contributed by atoms with van der Waals surface area (Å²) in [5.41, 5.74) is -2.36. The van der Waals surface area contributed by atoms with Gasteiger partial charge in [0.2, 0.25) is 5.82 Å². The van der Waals surface area contributed by atoms with E-state index in [-0.39, 0.29) is 0 Å². The molecule has 2 nitrogen and oxygen atoms in total. The van der Waals surface area contributed by atoms with Crippen LogP contribution < -0.4 is 0 Å². The van der Waals surface area contributed by atoms with Crippen molar-refractivity contribution in [1.82, 2.24) is 0 Å². The van der Waals surface area contributed by atoms with Gasteiger partial charge in [-0.25, -0.2) is 22.0 Å². The highest BCUT2D eigenvalue weighted by Gasteiger charge is 2.62. The molecule has 27 heavy (non-hydrogen) atoms. The summed E-state index contributed by atoms with van der Waals surface area (Å²) in [4.78, 5) is 12.0. The van der Waals surface area contributed by atoms with Crippen molar-refractivity contribution >= 4 is 17.6 Å². The van der Waals surface area contributed by atoms with Crippen LogP contribution in [0.5, 0.6) is 0 Å². The fourth-order valence-electron chi connectivity index (χ4n) is 2.70. The monoisotopic (exact) mass is 422 g/mol. The van der Waals surface area contributed by atoms with Crippen LogP contribution >= 0.6 is 11.6 Å². The lowest BCUT2D eigenvalue weighted by Crippen LogP contribution is -2.14. The summed E-state index contributed by atoms with van der Waals surface area (Å²) in [5, 5.41) is -1.45. The standard InChI is InChI=1S/C16H11ClF8O2/c1-15(2)6(3-7(17)16(23,24)25)8(15)14(26)27-4-5-9(18)11(20)13(22)12(21)10(5)19/h3,6,8H,4H2,1-2H3/t6-,8+/m0/s1. The van der Waals surface area contributed by atoms with Crippen LogP contribution in [-0.4, -0.2) is 12.1 Å². The van der Waals surface area contributed by atoms with E-state index in [1.165, 1.54) is 13.8 Å². The molecule has 1 saturated carbocycles. The highest BCUT2D eigenvalue weighted by Crippen LogP contribution is 2.60. The second-order valence-electron chi connectivity index (χ2n) is 6.49. The smallest absolute Gasteiger partial charge is 0.426 e. The van der Waals surface area contributed by atoms with Crippen molar-refractivity contribution in [3.63, 3.8) is 0 Å². The van der Waals surface area contributed by atoms with Crippen LogP contribution in [0.3, 0.4) is 0 Å². The Morgan fingerprint density at radius 1 is 1.04 bits per heavy atom. The molecule has 0 heterocycles. The third-order valence-electron chi connectivity index (χ3n) is 4.42. The van der Waals surface area contributed by atoms with Gasteiger partial charge < -0.3 is 4.74 Å². The van der Waals surface area contributed by atoms with Crippen LogP contribution in [0.2, 0.25) is 0 Å². The first-order chi connectivity index (χ1) is 12.2. The van der Waals surface area contributed by atoms with Gasteiger partial charge in [0.15, 0.2) is 23.3 Å². The SMILES string of the molecule is CC1(C)[C@@H](C=C(Cl)C(F)(F)F)[C@@H]1C(=O)OCc1c(F)c(F)c(F)c(F)c1F. The maximum absolute atomic E-state index is 13.5. The summed E-state index contributed by atoms with van der Waals surface area (Å²) in [7, 11) is 0. The topological polar surface area (TPSA) is 26.3 Å². The maximum atomic E-state index is 13.5. The quantitative estimate of drug-likeness (QED) is 0.282. The zero-order valence-corrected chi connectivity index (χ0v) is 14.4. The van der Waals surface area contributed by atoms with Gasteiger partial charge in [-0.05, 0) is 11.3 Å². The van der Waals surface area contributed by atoms with Gasteiger partial charge in [0.25, 0.3) is 0 Å². The largest absolute Gasteiger partial charge is 0.460 e. The van der Waals surface area contributed by atoms with Gasteiger partial charge in [-0.15, -0.1) is 0 Å². The van der Waals surface area contributed by atoms with E-state index in [0.717, 1.165) is 0 Å². The number of carbonyl (C=O) groups is 1. The number of benzene rings is 1. The molecule has 0 aliphatic heterocycles. The van der Waals surface area contributed by atoms with Crippen molar-refractivity contribution in [3.8, 4) is 0 Å². The van der Waals surface area contributed by atoms with Gasteiger partial charge in [-0.3, -0.25) is 4.79 Å². The normalized spacial score (nSPS) is 22.0. The van der Waals surface area contributed by atoms with E-state index in [4.69, 9.17) is 11.6 Å². The summed E-state index contributed by atoms with van der Waals surface area (Å²) in [5.74, 6) is -14.4. The van der Waals surface area contributed by atoms with Gasteiger partial charge in [0.1, 0.15) is 11.6 Å². The first-order valence-corrected chi connectivity index (χ1v) is 7.70. The molecule has 0 spiro atoms. The number of ether oxygens (including phenoxy) is 1. The molecule has 0 bridgehead atoms. The molecule has 1 aromatic carbocycles. The third-order valence-corrected chi connectivity index (χ3v) is 4.76. The summed E-state index contributed by atoms with van der Waals surface area (Å²) in [6.07, 6.45) is -4.20. The molecule has 0 radical (unpaired) electrons. The first kappa shape index (κ1) is 21.5. The third kappa shape index (κ3) is 3.90. The van der Waals surface area contributed by atoms with E-state index < -0.39 is 75.7 Å². The lowest BCUT2D eigenvalue weighted by atomic mass is 10.1. The summed E-state index contributed by atoms with van der Waals surface area (Å²) >= 11 is 5.12. The zero-order valence-electron chi connectivity index (χ0n) is 13.7. The lowest BCUT2D eigenvalue weighted by Gasteiger charge is -2.09. The molecule has 0 saturated heterocycles. The molecule has 150 valence electrons. The number of rotatable bonds is 4. The van der Waals surface area contributed by atoms with E-state index in [1.54, 1.807) is 0 Å². The molecule has 0 unspecified atom stereocenters. The average molecular weight is 423 g/mol. The Labute approximate surface area is 152 Å². The zero-order chi connectivity index (χ0) is 20.9. The Hall–Kier alpha value is -1.84. The Morgan fingerprint density at radius 3 is 1.93 bits per heavy atom. The fraction of sp³-hybridized carbons (Fsp3) is 0.438. The molecule has 1 fully saturated rings. The number of carbonyl (C=O) groups excluding carboxylic acids is 1. The van der Waals surface area contributed by atoms with E-state index in [9.17, 15) is 39.9 Å². The Morgan fingerprint density at radius 2 is 1.48 bits per heavy atom. The highest BCUT2D eigenvalue weighted by atomic mass is 35.5. The number of halogens is 9. The van der Waals surface area contributed by atoms with E-state index in [2.05, 4.69) is 4.74 Å². The Bertz CT molecular complexity index is 787. The van der Waals surface area contributed by atoms with Crippen LogP contribution in [0.25, 0.3) is 0 Å². The summed E-state index contributed by atoms with van der Waals surface area (Å²) in [6.45, 7) is 1.58. The van der Waals surface area contributed by atoms with Crippen molar-refractivity contribution in [1.29, 1.82) is 0 Å². The predicted octanol–water partition coefficient (Wildman–Crippen LogP) is 5.38. The van der Waals surface area contributed by atoms with Crippen LogP contribution in [0.1, 0.15) is 19.4 Å². The van der Waals surface area contributed by atoms with Crippen LogP contribution in [0.15, 0.2) is 11.1 Å². The van der Waals surface area contributed by atoms with Crippen LogP contribution in [0.4, 0.5) is 35.1 Å². The van der Waals surface area contributed by atoms with Crippen molar-refractivity contribution in [2.24, 2.45) is 17.3 Å². The Balaban J connectivity index is 2.16. The summed E-state index contributed by atoms with van der Waals surface area (Å²) in [6, 6.07) is 0. The molecular formula is C16H11ClF8O2. The van der Waals surface area contributed by atoms with E-state index in [1.807, 2.05) is 0 Å². The number of alkyl halides is 3. The van der Waals surface area contributed by atoms with Gasteiger partial charge >= 0.3 is 12.1 Å². The fourth-order valence-corrected chi connectivity index (χ4v) is 2.84. The first-order valence-electron chi connectivity index (χ1n) is 7.32. The van der Waals surface area contributed by atoms with Crippen LogP contribution in [-0.2, 0) is 16.1 Å². The minimum absolute atomic E-state index is 0.617. The molecule has 1 aliphatic rings. The summed E-state index contributed by atoms with van der Waals surface area (Å²) < 4.78 is 108. The van der Waals surface area contributed by atoms with Crippen molar-refractivity contribution in [2.45, 2.75) is 26.6 Å². The van der Waals surface area contributed by atoms with Crippen LogP contribution in [0, 0.1) is 46.3 Å². The Kier molecular flexibility index (Phi) is 5.53. The van der Waals surface area contributed by atoms with Gasteiger partial charge in [0, 0.05) is 0 Å². The molecule has 1 aromatic rings. The molecule has 0 N–H and O–H groups in total. The van der Waals surface area contributed by atoms with Crippen molar-refractivity contribution in [2.75, 3.05) is 0 Å². The minimum Gasteiger partial charge on any atom is -0.460 e. The van der Waals surface area contributed by atoms with E-state index >= 15 is 0 Å².